The number of hydrogen-bond donors (Lipinski definition) is 3. The second kappa shape index (κ2) is 12.9. The Morgan fingerprint density at radius 1 is 1.14 bits per heavy atom. The highest BCUT2D eigenvalue weighted by molar-refractivity contribution is 7.20. The monoisotopic (exact) mass is 602 g/mol. The molecule has 3 N–H and O–H groups in total. The van der Waals surface area contributed by atoms with E-state index in [-0.39, 0.29) is 35.8 Å². The first-order valence-corrected chi connectivity index (χ1v) is 14.9. The van der Waals surface area contributed by atoms with Crippen LogP contribution in [0.15, 0.2) is 66.7 Å². The van der Waals surface area contributed by atoms with Gasteiger partial charge < -0.3 is 25.2 Å². The van der Waals surface area contributed by atoms with Crippen LogP contribution >= 0.6 is 11.3 Å². The van der Waals surface area contributed by atoms with E-state index < -0.39 is 17.9 Å². The third kappa shape index (κ3) is 6.69. The third-order valence-electron chi connectivity index (χ3n) is 7.57. The first-order valence-electron chi connectivity index (χ1n) is 14.0. The number of ether oxygens (including phenoxy) is 1. The molecule has 0 aliphatic carbocycles. The number of nitrogens with one attached hydrogen (secondary N) is 1. The Bertz CT molecular complexity index is 1610. The Morgan fingerprint density at radius 3 is 2.58 bits per heavy atom. The smallest absolute Gasteiger partial charge is 0.335 e. The molecule has 11 heteroatoms. The molecule has 0 saturated carbocycles. The number of likely N-dealkylation sites (N-methyl/N-ethyl adjacent to an activating group) is 1. The number of hydrogen-bond acceptors (Lipinski definition) is 8. The number of amides is 2. The van der Waals surface area contributed by atoms with E-state index in [1.54, 1.807) is 54.3 Å². The number of nitrogens with zero attached hydrogens (tertiary/aromatic N) is 3. The van der Waals surface area contributed by atoms with Crippen LogP contribution in [-0.2, 0) is 6.54 Å². The third-order valence-corrected chi connectivity index (χ3v) is 8.61. The summed E-state index contributed by atoms with van der Waals surface area (Å²) in [6.45, 7) is 5.00. The Kier molecular flexibility index (Phi) is 9.05. The van der Waals surface area contributed by atoms with Crippen molar-refractivity contribution in [2.24, 2.45) is 5.92 Å². The van der Waals surface area contributed by atoms with Crippen LogP contribution in [0.25, 0.3) is 10.2 Å². The normalized spacial score (nSPS) is 17.6. The molecule has 0 spiro atoms. The Morgan fingerprint density at radius 2 is 1.88 bits per heavy atom. The fourth-order valence-corrected chi connectivity index (χ4v) is 6.00. The van der Waals surface area contributed by atoms with Gasteiger partial charge in [0.05, 0.1) is 39.7 Å². The van der Waals surface area contributed by atoms with Gasteiger partial charge >= 0.3 is 5.97 Å². The average molecular weight is 603 g/mol. The Hall–Kier alpha value is -4.32. The highest BCUT2D eigenvalue weighted by Crippen LogP contribution is 2.35. The van der Waals surface area contributed by atoms with Gasteiger partial charge in [0, 0.05) is 25.6 Å². The summed E-state index contributed by atoms with van der Waals surface area (Å²) in [4.78, 5) is 46.5. The van der Waals surface area contributed by atoms with Crippen LogP contribution in [0.4, 0.5) is 5.69 Å². The van der Waals surface area contributed by atoms with Gasteiger partial charge in [0.15, 0.2) is 10.8 Å². The summed E-state index contributed by atoms with van der Waals surface area (Å²) >= 11 is 1.28. The lowest BCUT2D eigenvalue weighted by molar-refractivity contribution is 0.0343. The summed E-state index contributed by atoms with van der Waals surface area (Å²) in [7, 11) is 1.95. The Labute approximate surface area is 253 Å². The van der Waals surface area contributed by atoms with Gasteiger partial charge in [-0.15, -0.1) is 11.3 Å². The molecule has 5 rings (SSSR count). The van der Waals surface area contributed by atoms with Crippen molar-refractivity contribution >= 4 is 45.0 Å². The zero-order valence-corrected chi connectivity index (χ0v) is 25.0. The number of carbonyl (C=O) groups is 3. The summed E-state index contributed by atoms with van der Waals surface area (Å²) in [5.74, 6) is -1.52. The number of carbonyl (C=O) groups excluding carboxylic acids is 2. The number of thiazole rings is 1. The number of carboxylic acid groups (broad SMARTS) is 1. The Balaban J connectivity index is 1.44. The summed E-state index contributed by atoms with van der Waals surface area (Å²) in [6.07, 6.45) is -0.385. The molecule has 224 valence electrons. The molecule has 1 aromatic heterocycles. The summed E-state index contributed by atoms with van der Waals surface area (Å²) in [5, 5.41) is 22.4. The molecule has 10 nitrogen and oxygen atoms in total. The van der Waals surface area contributed by atoms with Crippen LogP contribution in [-0.4, -0.2) is 81.7 Å². The maximum atomic E-state index is 13.8. The molecule has 0 fully saturated rings. The van der Waals surface area contributed by atoms with E-state index >= 15 is 0 Å². The maximum absolute atomic E-state index is 13.8. The van der Waals surface area contributed by atoms with E-state index in [1.165, 1.54) is 11.3 Å². The van der Waals surface area contributed by atoms with Gasteiger partial charge in [-0.05, 0) is 55.9 Å². The average Bonchev–Trinajstić information content (AvgIpc) is 3.44. The largest absolute Gasteiger partial charge is 0.486 e. The van der Waals surface area contributed by atoms with Crippen molar-refractivity contribution in [2.45, 2.75) is 32.5 Å². The molecule has 3 atom stereocenters. The standard InChI is InChI=1S/C32H34N4O6S/c1-19-15-36(20(2)18-37)31(39)23-7-6-9-25(33-29(38)30-34-24-8-4-5-10-27(24)43-30)28(23)42-26(19)17-35(3)16-21-11-13-22(14-12-21)32(40)41/h4-14,19-20,26,37H,15-18H2,1-3H3,(H,33,38)(H,40,41)/t19-,20-,26+/m0/s1. The molecule has 2 amide bonds. The number of aromatic carboxylic acids is 1. The van der Waals surface area contributed by atoms with E-state index in [4.69, 9.17) is 4.74 Å². The predicted octanol–water partition coefficient (Wildman–Crippen LogP) is 4.60. The summed E-state index contributed by atoms with van der Waals surface area (Å²) in [5.41, 5.74) is 2.56. The molecular weight excluding hydrogens is 568 g/mol. The van der Waals surface area contributed by atoms with Crippen molar-refractivity contribution in [1.29, 1.82) is 0 Å². The van der Waals surface area contributed by atoms with Crippen LogP contribution in [0, 0.1) is 5.92 Å². The number of carboxylic acids is 1. The topological polar surface area (TPSA) is 132 Å². The predicted molar refractivity (Wildman–Crippen MR) is 165 cm³/mol. The number of fused-ring (bicyclic) bond motifs is 2. The molecule has 0 radical (unpaired) electrons. The number of anilines is 1. The first-order chi connectivity index (χ1) is 20.6. The van der Waals surface area contributed by atoms with E-state index in [9.17, 15) is 24.6 Å². The van der Waals surface area contributed by atoms with Crippen molar-refractivity contribution in [3.63, 3.8) is 0 Å². The molecule has 1 aliphatic rings. The summed E-state index contributed by atoms with van der Waals surface area (Å²) in [6, 6.07) is 18.9. The van der Waals surface area contributed by atoms with Crippen molar-refractivity contribution in [3.8, 4) is 5.75 Å². The van der Waals surface area contributed by atoms with Crippen molar-refractivity contribution in [1.82, 2.24) is 14.8 Å². The van der Waals surface area contributed by atoms with Crippen molar-refractivity contribution < 1.29 is 29.3 Å². The highest BCUT2D eigenvalue weighted by Gasteiger charge is 2.34. The SMILES string of the molecule is C[C@H]1CN([C@@H](C)CO)C(=O)c2cccc(NC(=O)c3nc4ccccc4s3)c2O[C@@H]1CN(C)Cc1ccc(C(=O)O)cc1. The van der Waals surface area contributed by atoms with Crippen LogP contribution in [0.5, 0.6) is 5.75 Å². The zero-order valence-electron chi connectivity index (χ0n) is 24.2. The van der Waals surface area contributed by atoms with Gasteiger partial charge in [0.25, 0.3) is 11.8 Å². The number of benzene rings is 3. The van der Waals surface area contributed by atoms with Gasteiger partial charge in [0.2, 0.25) is 0 Å². The number of para-hydroxylation sites is 2. The van der Waals surface area contributed by atoms with E-state index in [0.29, 0.717) is 35.9 Å². The fourth-order valence-electron chi connectivity index (χ4n) is 5.14. The molecule has 1 aliphatic heterocycles. The molecule has 43 heavy (non-hydrogen) atoms. The van der Waals surface area contributed by atoms with E-state index in [1.807, 2.05) is 38.2 Å². The highest BCUT2D eigenvalue weighted by atomic mass is 32.1. The van der Waals surface area contributed by atoms with Gasteiger partial charge in [-0.25, -0.2) is 9.78 Å². The van der Waals surface area contributed by atoms with Crippen LogP contribution < -0.4 is 10.1 Å². The number of rotatable bonds is 9. The van der Waals surface area contributed by atoms with Gasteiger partial charge in [0.1, 0.15) is 6.10 Å². The zero-order chi connectivity index (χ0) is 30.7. The molecular formula is C32H34N4O6S. The second-order valence-electron chi connectivity index (χ2n) is 10.9. The first kappa shape index (κ1) is 30.1. The van der Waals surface area contributed by atoms with Gasteiger partial charge in [-0.2, -0.15) is 0 Å². The molecule has 0 bridgehead atoms. The molecule has 0 saturated heterocycles. The quantitative estimate of drug-likeness (QED) is 0.253. The van der Waals surface area contributed by atoms with Gasteiger partial charge in [-0.1, -0.05) is 37.3 Å². The summed E-state index contributed by atoms with van der Waals surface area (Å²) < 4.78 is 7.50. The molecule has 4 aromatic rings. The number of aliphatic hydroxyl groups excluding tert-OH is 1. The molecule has 3 aromatic carbocycles. The minimum absolute atomic E-state index is 0.129. The maximum Gasteiger partial charge on any atom is 0.335 e. The lowest BCUT2D eigenvalue weighted by Crippen LogP contribution is -2.49. The lowest BCUT2D eigenvalue weighted by Gasteiger charge is -2.38. The molecule has 0 unspecified atom stereocenters. The van der Waals surface area contributed by atoms with Crippen LogP contribution in [0.3, 0.4) is 0 Å². The van der Waals surface area contributed by atoms with Gasteiger partial charge in [-0.3, -0.25) is 14.5 Å². The van der Waals surface area contributed by atoms with Crippen molar-refractivity contribution in [2.75, 3.05) is 32.1 Å². The van der Waals surface area contributed by atoms with E-state index in [0.717, 1.165) is 15.8 Å². The van der Waals surface area contributed by atoms with Crippen molar-refractivity contribution in [3.05, 3.63) is 88.4 Å². The number of aromatic nitrogens is 1. The second-order valence-corrected chi connectivity index (χ2v) is 12.0. The minimum atomic E-state index is -0.974. The van der Waals surface area contributed by atoms with E-state index in [2.05, 4.69) is 15.2 Å². The molecule has 2 heterocycles. The van der Waals surface area contributed by atoms with Crippen LogP contribution in [0.2, 0.25) is 0 Å². The van der Waals surface area contributed by atoms with Crippen LogP contribution in [0.1, 0.15) is 49.9 Å². The minimum Gasteiger partial charge on any atom is -0.486 e. The lowest BCUT2D eigenvalue weighted by atomic mass is 9.98. The number of aliphatic hydroxyl groups is 1. The fraction of sp³-hybridized carbons (Fsp3) is 0.312.